The smallest absolute Gasteiger partial charge is 0.353 e. The number of carbonyl (C=O) groups is 1. The summed E-state index contributed by atoms with van der Waals surface area (Å²) in [5.41, 5.74) is 5.38. The summed E-state index contributed by atoms with van der Waals surface area (Å²) in [6.45, 7) is 0.675. The zero-order valence-corrected chi connectivity index (χ0v) is 13.1. The van der Waals surface area contributed by atoms with Gasteiger partial charge in [0, 0.05) is 12.5 Å². The first-order chi connectivity index (χ1) is 9.43. The molecule has 0 atom stereocenters. The lowest BCUT2D eigenvalue weighted by atomic mass is 9.85. The third-order valence-corrected chi connectivity index (χ3v) is 3.91. The van der Waals surface area contributed by atoms with Gasteiger partial charge in [-0.2, -0.15) is 13.2 Å². The Balaban J connectivity index is 0.00000400. The summed E-state index contributed by atoms with van der Waals surface area (Å²) < 4.78 is 37.5. The Labute approximate surface area is 130 Å². The Hall–Kier alpha value is -0.490. The molecule has 0 heterocycles. The van der Waals surface area contributed by atoms with Crippen molar-refractivity contribution in [1.29, 1.82) is 0 Å². The molecular weight excluding hydrogens is 305 g/mol. The normalized spacial score (nSPS) is 22.5. The molecule has 21 heavy (non-hydrogen) atoms. The fourth-order valence-electron chi connectivity index (χ4n) is 2.65. The fourth-order valence-corrected chi connectivity index (χ4v) is 2.65. The molecule has 3 N–H and O–H groups in total. The topological polar surface area (TPSA) is 55.1 Å². The highest BCUT2D eigenvalue weighted by molar-refractivity contribution is 5.85. The highest BCUT2D eigenvalue weighted by Gasteiger charge is 2.41. The van der Waals surface area contributed by atoms with E-state index in [2.05, 4.69) is 5.32 Å². The monoisotopic (exact) mass is 330 g/mol. The maximum Gasteiger partial charge on any atom is 0.391 e. The van der Waals surface area contributed by atoms with E-state index in [-0.39, 0.29) is 37.2 Å². The highest BCUT2D eigenvalue weighted by Crippen LogP contribution is 2.37. The van der Waals surface area contributed by atoms with E-state index in [0.29, 0.717) is 25.8 Å². The van der Waals surface area contributed by atoms with Gasteiger partial charge in [0.05, 0.1) is 5.92 Å². The molecule has 0 saturated heterocycles. The molecule has 0 spiro atoms. The Morgan fingerprint density at radius 2 is 1.62 bits per heavy atom. The van der Waals surface area contributed by atoms with Crippen molar-refractivity contribution in [1.82, 2.24) is 5.32 Å². The molecule has 3 nitrogen and oxygen atoms in total. The second-order valence-corrected chi connectivity index (χ2v) is 5.61. The van der Waals surface area contributed by atoms with E-state index in [0.717, 1.165) is 25.7 Å². The molecule has 1 fully saturated rings. The van der Waals surface area contributed by atoms with Crippen molar-refractivity contribution < 1.29 is 18.0 Å². The number of nitrogens with one attached hydrogen (secondary N) is 1. The van der Waals surface area contributed by atoms with Crippen LogP contribution in [-0.2, 0) is 4.79 Å². The summed E-state index contributed by atoms with van der Waals surface area (Å²) in [6.07, 6.45) is 1.31. The minimum atomic E-state index is -4.09. The van der Waals surface area contributed by atoms with E-state index >= 15 is 0 Å². The molecule has 0 aliphatic heterocycles. The van der Waals surface area contributed by atoms with Crippen LogP contribution in [0.15, 0.2) is 0 Å². The summed E-state index contributed by atoms with van der Waals surface area (Å²) in [5.74, 6) is -1.22. The predicted octanol–water partition coefficient (Wildman–Crippen LogP) is 3.55. The zero-order valence-electron chi connectivity index (χ0n) is 12.3. The van der Waals surface area contributed by atoms with Crippen molar-refractivity contribution >= 4 is 18.3 Å². The summed E-state index contributed by atoms with van der Waals surface area (Å²) in [5, 5.41) is 2.85. The predicted molar refractivity (Wildman–Crippen MR) is 79.3 cm³/mol. The number of hydrogen-bond acceptors (Lipinski definition) is 2. The largest absolute Gasteiger partial charge is 0.391 e. The van der Waals surface area contributed by atoms with Crippen molar-refractivity contribution in [3.63, 3.8) is 0 Å². The molecule has 0 unspecified atom stereocenters. The van der Waals surface area contributed by atoms with Crippen molar-refractivity contribution in [3.05, 3.63) is 0 Å². The Kier molecular flexibility index (Phi) is 10.0. The van der Waals surface area contributed by atoms with E-state index in [1.54, 1.807) is 0 Å². The lowest BCUT2D eigenvalue weighted by Crippen LogP contribution is -2.39. The standard InChI is InChI=1S/C14H25F3N2O.ClH/c15-14(16,17)11-6-8-12(9-7-11)19-13(20)5-3-1-2-4-10-18;/h11-12H,1-10,18H2,(H,19,20);1H. The van der Waals surface area contributed by atoms with Crippen molar-refractivity contribution in [2.45, 2.75) is 70.0 Å². The van der Waals surface area contributed by atoms with E-state index in [4.69, 9.17) is 5.73 Å². The summed E-state index contributed by atoms with van der Waals surface area (Å²) in [7, 11) is 0. The number of hydrogen-bond donors (Lipinski definition) is 2. The Morgan fingerprint density at radius 1 is 1.05 bits per heavy atom. The SMILES string of the molecule is Cl.NCCCCCCC(=O)NC1CCC(C(F)(F)F)CC1. The molecule has 0 aromatic heterocycles. The first-order valence-corrected chi connectivity index (χ1v) is 7.49. The van der Waals surface area contributed by atoms with Crippen molar-refractivity contribution in [2.24, 2.45) is 11.7 Å². The number of carbonyl (C=O) groups excluding carboxylic acids is 1. The van der Waals surface area contributed by atoms with E-state index in [1.807, 2.05) is 0 Å². The third-order valence-electron chi connectivity index (χ3n) is 3.91. The van der Waals surface area contributed by atoms with Crippen LogP contribution in [0.4, 0.5) is 13.2 Å². The molecular formula is C14H26ClF3N2O. The number of rotatable bonds is 7. The van der Waals surface area contributed by atoms with Gasteiger partial charge in [0.25, 0.3) is 0 Å². The van der Waals surface area contributed by atoms with Crippen LogP contribution in [0.2, 0.25) is 0 Å². The quantitative estimate of drug-likeness (QED) is 0.701. The molecule has 1 aliphatic rings. The van der Waals surface area contributed by atoms with Gasteiger partial charge in [-0.1, -0.05) is 12.8 Å². The molecule has 1 saturated carbocycles. The average molecular weight is 331 g/mol. The number of halogens is 4. The first-order valence-electron chi connectivity index (χ1n) is 7.49. The Morgan fingerprint density at radius 3 is 2.14 bits per heavy atom. The summed E-state index contributed by atoms with van der Waals surface area (Å²) in [4.78, 5) is 11.7. The van der Waals surface area contributed by atoms with Crippen LogP contribution in [0, 0.1) is 5.92 Å². The van der Waals surface area contributed by atoms with E-state index in [9.17, 15) is 18.0 Å². The minimum absolute atomic E-state index is 0. The number of alkyl halides is 3. The molecule has 1 amide bonds. The van der Waals surface area contributed by atoms with E-state index < -0.39 is 12.1 Å². The summed E-state index contributed by atoms with van der Waals surface area (Å²) >= 11 is 0. The lowest BCUT2D eigenvalue weighted by Gasteiger charge is -2.30. The molecule has 1 rings (SSSR count). The molecule has 126 valence electrons. The summed E-state index contributed by atoms with van der Waals surface area (Å²) in [6, 6.07) is -0.0786. The van der Waals surface area contributed by atoms with Gasteiger partial charge in [-0.05, 0) is 45.1 Å². The molecule has 0 radical (unpaired) electrons. The van der Waals surface area contributed by atoms with Gasteiger partial charge in [0.15, 0.2) is 0 Å². The molecule has 7 heteroatoms. The van der Waals surface area contributed by atoms with Gasteiger partial charge in [-0.25, -0.2) is 0 Å². The van der Waals surface area contributed by atoms with Gasteiger partial charge in [-0.15, -0.1) is 12.4 Å². The number of nitrogens with two attached hydrogens (primary N) is 1. The Bertz CT molecular complexity index is 292. The second-order valence-electron chi connectivity index (χ2n) is 5.61. The van der Waals surface area contributed by atoms with Crippen LogP contribution >= 0.6 is 12.4 Å². The lowest BCUT2D eigenvalue weighted by molar-refractivity contribution is -0.182. The fraction of sp³-hybridized carbons (Fsp3) is 0.929. The van der Waals surface area contributed by atoms with Gasteiger partial charge in [-0.3, -0.25) is 4.79 Å². The van der Waals surface area contributed by atoms with Crippen LogP contribution in [0.5, 0.6) is 0 Å². The van der Waals surface area contributed by atoms with Gasteiger partial charge < -0.3 is 11.1 Å². The first kappa shape index (κ1) is 20.5. The molecule has 0 aromatic rings. The molecule has 0 bridgehead atoms. The maximum atomic E-state index is 12.5. The van der Waals surface area contributed by atoms with Crippen LogP contribution in [-0.4, -0.2) is 24.7 Å². The molecule has 1 aliphatic carbocycles. The highest BCUT2D eigenvalue weighted by atomic mass is 35.5. The van der Waals surface area contributed by atoms with Gasteiger partial charge in [0.1, 0.15) is 0 Å². The van der Waals surface area contributed by atoms with Gasteiger partial charge >= 0.3 is 6.18 Å². The van der Waals surface area contributed by atoms with Crippen LogP contribution < -0.4 is 11.1 Å². The van der Waals surface area contributed by atoms with Crippen LogP contribution in [0.3, 0.4) is 0 Å². The average Bonchev–Trinajstić information content (AvgIpc) is 2.38. The van der Waals surface area contributed by atoms with E-state index in [1.165, 1.54) is 0 Å². The number of amides is 1. The third kappa shape index (κ3) is 8.51. The minimum Gasteiger partial charge on any atom is -0.353 e. The van der Waals surface area contributed by atoms with Gasteiger partial charge in [0.2, 0.25) is 5.91 Å². The van der Waals surface area contributed by atoms with Crippen molar-refractivity contribution in [3.8, 4) is 0 Å². The second kappa shape index (κ2) is 10.3. The maximum absolute atomic E-state index is 12.5. The van der Waals surface area contributed by atoms with Crippen LogP contribution in [0.1, 0.15) is 57.8 Å². The van der Waals surface area contributed by atoms with Crippen LogP contribution in [0.25, 0.3) is 0 Å². The van der Waals surface area contributed by atoms with Crippen molar-refractivity contribution in [2.75, 3.05) is 6.54 Å². The molecule has 0 aromatic carbocycles. The zero-order chi connectivity index (χ0) is 15.0. The number of unbranched alkanes of at least 4 members (excludes halogenated alkanes) is 3.